The van der Waals surface area contributed by atoms with E-state index in [1.54, 1.807) is 0 Å². The quantitative estimate of drug-likeness (QED) is 0.593. The molecule has 2 aromatic carbocycles. The lowest BCUT2D eigenvalue weighted by atomic mass is 10.1. The van der Waals surface area contributed by atoms with Crippen molar-refractivity contribution in [2.45, 2.75) is 44.8 Å². The fourth-order valence-corrected chi connectivity index (χ4v) is 4.82. The van der Waals surface area contributed by atoms with E-state index in [0.717, 1.165) is 29.5 Å². The van der Waals surface area contributed by atoms with Crippen LogP contribution in [-0.2, 0) is 13.2 Å². The Labute approximate surface area is 183 Å². The van der Waals surface area contributed by atoms with Crippen LogP contribution in [-0.4, -0.2) is 34.5 Å². The first-order valence-corrected chi connectivity index (χ1v) is 11.5. The van der Waals surface area contributed by atoms with Gasteiger partial charge in [0, 0.05) is 35.9 Å². The zero-order valence-corrected chi connectivity index (χ0v) is 18.4. The van der Waals surface area contributed by atoms with E-state index in [0.29, 0.717) is 5.92 Å². The highest BCUT2D eigenvalue weighted by Gasteiger charge is 2.31. The fourth-order valence-electron chi connectivity index (χ4n) is 4.52. The minimum atomic E-state index is 0.546. The third-order valence-electron chi connectivity index (χ3n) is 6.17. The molecule has 0 spiro atoms. The van der Waals surface area contributed by atoms with E-state index in [4.69, 9.17) is 17.3 Å². The molecule has 1 N–H and O–H groups in total. The number of hydrogen-bond acceptors (Lipinski definition) is 3. The van der Waals surface area contributed by atoms with Crippen LogP contribution in [0.25, 0.3) is 5.69 Å². The number of hydrogen-bond donors (Lipinski definition) is 1. The highest BCUT2D eigenvalue weighted by Crippen LogP contribution is 2.40. The van der Waals surface area contributed by atoms with Crippen molar-refractivity contribution in [3.05, 3.63) is 70.8 Å². The van der Waals surface area contributed by atoms with Crippen LogP contribution < -0.4 is 9.80 Å². The molecule has 2 aliphatic rings. The molecule has 5 rings (SSSR count). The van der Waals surface area contributed by atoms with E-state index >= 15 is 0 Å². The van der Waals surface area contributed by atoms with Gasteiger partial charge in [-0.3, -0.25) is 4.57 Å². The molecule has 1 saturated carbocycles. The minimum absolute atomic E-state index is 0.546. The van der Waals surface area contributed by atoms with E-state index in [1.807, 2.05) is 10.7 Å². The third kappa shape index (κ3) is 3.94. The Morgan fingerprint density at radius 3 is 2.43 bits per heavy atom. The van der Waals surface area contributed by atoms with Gasteiger partial charge in [0.25, 0.3) is 0 Å². The summed E-state index contributed by atoms with van der Waals surface area (Å²) in [6, 6.07) is 19.3. The summed E-state index contributed by atoms with van der Waals surface area (Å²) in [6.45, 7) is 4.08. The van der Waals surface area contributed by atoms with Gasteiger partial charge < -0.3 is 9.80 Å². The molecule has 1 saturated heterocycles. The number of nitrogens with one attached hydrogen (secondary N) is 1. The van der Waals surface area contributed by atoms with E-state index < -0.39 is 0 Å². The Hall–Kier alpha value is -2.44. The van der Waals surface area contributed by atoms with E-state index in [9.17, 15) is 0 Å². The van der Waals surface area contributed by atoms with Crippen molar-refractivity contribution in [1.82, 2.24) is 14.3 Å². The van der Waals surface area contributed by atoms with Crippen molar-refractivity contribution < 1.29 is 4.90 Å². The van der Waals surface area contributed by atoms with Gasteiger partial charge in [-0.15, -0.1) is 0 Å². The molecular formula is C24H30N5S+. The molecule has 1 aromatic heterocycles. The fraction of sp³-hybridized carbons (Fsp3) is 0.417. The monoisotopic (exact) mass is 420 g/mol. The highest BCUT2D eigenvalue weighted by molar-refractivity contribution is 7.71. The first-order valence-electron chi connectivity index (χ1n) is 11.1. The molecule has 30 heavy (non-hydrogen) atoms. The Kier molecular flexibility index (Phi) is 5.44. The van der Waals surface area contributed by atoms with Crippen molar-refractivity contribution in [1.29, 1.82) is 0 Å². The second kappa shape index (κ2) is 8.36. The average molecular weight is 421 g/mol. The molecule has 1 unspecified atom stereocenters. The molecule has 6 heteroatoms. The summed E-state index contributed by atoms with van der Waals surface area (Å²) < 4.78 is 5.01. The molecule has 0 radical (unpaired) electrons. The minimum Gasteiger partial charge on any atom is -0.371 e. The maximum absolute atomic E-state index is 5.88. The number of aromatic nitrogens is 3. The van der Waals surface area contributed by atoms with Crippen LogP contribution in [0.5, 0.6) is 0 Å². The number of anilines is 1. The summed E-state index contributed by atoms with van der Waals surface area (Å²) in [4.78, 5) is 3.92. The largest absolute Gasteiger partial charge is 0.371 e. The van der Waals surface area contributed by atoms with Crippen molar-refractivity contribution in [2.75, 3.05) is 25.0 Å². The predicted octanol–water partition coefficient (Wildman–Crippen LogP) is 3.55. The van der Waals surface area contributed by atoms with Gasteiger partial charge in [-0.25, -0.2) is 0 Å². The lowest BCUT2D eigenvalue weighted by molar-refractivity contribution is -0.917. The molecular weight excluding hydrogens is 390 g/mol. The summed E-state index contributed by atoms with van der Waals surface area (Å²) in [5.41, 5.74) is 3.92. The molecule has 0 amide bonds. The molecule has 1 aliphatic carbocycles. The Morgan fingerprint density at radius 1 is 1.00 bits per heavy atom. The summed E-state index contributed by atoms with van der Waals surface area (Å²) in [7, 11) is 2.24. The Balaban J connectivity index is 1.39. The second-order valence-electron chi connectivity index (χ2n) is 8.70. The SMILES string of the molecule is C[NH+](Cc1ccccc1N1CCCC1)Cn1nc(C2CC2)n(-c2ccccc2)c1=S. The smallest absolute Gasteiger partial charge is 0.207 e. The van der Waals surface area contributed by atoms with Crippen LogP contribution >= 0.6 is 12.2 Å². The normalized spacial score (nSPS) is 17.4. The van der Waals surface area contributed by atoms with E-state index in [1.165, 1.54) is 54.9 Å². The van der Waals surface area contributed by atoms with Crippen LogP contribution in [0.15, 0.2) is 54.6 Å². The number of benzene rings is 2. The molecule has 1 aliphatic heterocycles. The average Bonchev–Trinajstić information content (AvgIpc) is 3.36. The van der Waals surface area contributed by atoms with Gasteiger partial charge in [-0.05, 0) is 56.1 Å². The van der Waals surface area contributed by atoms with Gasteiger partial charge in [0.1, 0.15) is 12.4 Å². The van der Waals surface area contributed by atoms with Gasteiger partial charge >= 0.3 is 0 Å². The molecule has 1 atom stereocenters. The van der Waals surface area contributed by atoms with Crippen molar-refractivity contribution in [3.63, 3.8) is 0 Å². The van der Waals surface area contributed by atoms with E-state index in [-0.39, 0.29) is 0 Å². The Bertz CT molecular complexity index is 1060. The molecule has 2 fully saturated rings. The van der Waals surface area contributed by atoms with Crippen LogP contribution in [0, 0.1) is 4.77 Å². The maximum atomic E-state index is 5.88. The lowest BCUT2D eigenvalue weighted by Crippen LogP contribution is -3.07. The number of quaternary nitrogens is 1. The second-order valence-corrected chi connectivity index (χ2v) is 9.07. The van der Waals surface area contributed by atoms with Crippen molar-refractivity contribution in [3.8, 4) is 5.69 Å². The first kappa shape index (κ1) is 19.5. The van der Waals surface area contributed by atoms with Crippen molar-refractivity contribution >= 4 is 17.9 Å². The van der Waals surface area contributed by atoms with Gasteiger partial charge in [-0.2, -0.15) is 9.78 Å². The summed E-state index contributed by atoms with van der Waals surface area (Å²) >= 11 is 5.88. The highest BCUT2D eigenvalue weighted by atomic mass is 32.1. The number of nitrogens with zero attached hydrogens (tertiary/aromatic N) is 4. The Morgan fingerprint density at radius 2 is 1.70 bits per heavy atom. The molecule has 2 heterocycles. The van der Waals surface area contributed by atoms with Gasteiger partial charge in [0.2, 0.25) is 4.77 Å². The summed E-state index contributed by atoms with van der Waals surface area (Å²) in [5.74, 6) is 1.67. The van der Waals surface area contributed by atoms with Gasteiger partial charge in [0.15, 0.2) is 6.67 Å². The molecule has 5 nitrogen and oxygen atoms in total. The topological polar surface area (TPSA) is 30.4 Å². The first-order chi connectivity index (χ1) is 14.7. The van der Waals surface area contributed by atoms with Crippen molar-refractivity contribution in [2.24, 2.45) is 0 Å². The van der Waals surface area contributed by atoms with Crippen LogP contribution in [0.1, 0.15) is 43.0 Å². The van der Waals surface area contributed by atoms with Crippen LogP contribution in [0.3, 0.4) is 0 Å². The summed E-state index contributed by atoms with van der Waals surface area (Å²) in [6.07, 6.45) is 5.02. The third-order valence-corrected chi connectivity index (χ3v) is 6.56. The maximum Gasteiger partial charge on any atom is 0.207 e. The molecule has 3 aromatic rings. The lowest BCUT2D eigenvalue weighted by Gasteiger charge is -2.23. The summed E-state index contributed by atoms with van der Waals surface area (Å²) in [5, 5.41) is 4.97. The zero-order chi connectivity index (χ0) is 20.5. The van der Waals surface area contributed by atoms with Crippen LogP contribution in [0.2, 0.25) is 0 Å². The van der Waals surface area contributed by atoms with Gasteiger partial charge in [0.05, 0.1) is 7.05 Å². The van der Waals surface area contributed by atoms with Gasteiger partial charge in [-0.1, -0.05) is 36.4 Å². The molecule has 0 bridgehead atoms. The zero-order valence-electron chi connectivity index (χ0n) is 17.6. The number of rotatable bonds is 7. The van der Waals surface area contributed by atoms with Crippen LogP contribution in [0.4, 0.5) is 5.69 Å². The molecule has 156 valence electrons. The predicted molar refractivity (Wildman–Crippen MR) is 123 cm³/mol. The number of para-hydroxylation sites is 2. The van der Waals surface area contributed by atoms with E-state index in [2.05, 4.69) is 65.0 Å². The standard InChI is InChI=1S/C24H29N5S/c1-26(17-20-9-5-6-12-22(20)27-15-7-8-16-27)18-28-24(30)29(21-10-3-2-4-11-21)23(25-28)19-13-14-19/h2-6,9-12,19H,7-8,13-18H2,1H3/p+1.